The van der Waals surface area contributed by atoms with Crippen molar-refractivity contribution in [2.75, 3.05) is 0 Å². The summed E-state index contributed by atoms with van der Waals surface area (Å²) in [5.41, 5.74) is 2.05. The maximum absolute atomic E-state index is 14.1. The third kappa shape index (κ3) is 4.81. The number of carboxylic acids is 1. The third-order valence-electron chi connectivity index (χ3n) is 5.75. The van der Waals surface area contributed by atoms with E-state index in [-0.39, 0.29) is 16.9 Å². The molecule has 2 atom stereocenters. The maximum atomic E-state index is 14.1. The van der Waals surface area contributed by atoms with E-state index in [1.54, 1.807) is 60.7 Å². The molecule has 34 heavy (non-hydrogen) atoms. The van der Waals surface area contributed by atoms with Crippen LogP contribution in [0.5, 0.6) is 0 Å². The van der Waals surface area contributed by atoms with Gasteiger partial charge >= 0.3 is 5.97 Å². The zero-order chi connectivity index (χ0) is 24.6. The smallest absolute Gasteiger partial charge is 0.333 e. The van der Waals surface area contributed by atoms with Crippen molar-refractivity contribution in [1.29, 1.82) is 0 Å². The lowest BCUT2D eigenvalue weighted by Gasteiger charge is -2.40. The lowest BCUT2D eigenvalue weighted by molar-refractivity contribution is -0.133. The van der Waals surface area contributed by atoms with Crippen molar-refractivity contribution in [3.63, 3.8) is 0 Å². The second kappa shape index (κ2) is 9.84. The topological polar surface area (TPSA) is 74.7 Å². The molecule has 1 N–H and O–H groups in total. The monoisotopic (exact) mass is 579 g/mol. The van der Waals surface area contributed by atoms with Crippen LogP contribution < -0.4 is 0 Å². The molecular weight excluding hydrogens is 561 g/mol. The van der Waals surface area contributed by atoms with Crippen LogP contribution in [0.25, 0.3) is 0 Å². The third-order valence-corrected chi connectivity index (χ3v) is 8.87. The summed E-state index contributed by atoms with van der Waals surface area (Å²) in [6.45, 7) is 1.87. The summed E-state index contributed by atoms with van der Waals surface area (Å²) < 4.78 is 30.2. The van der Waals surface area contributed by atoms with Gasteiger partial charge < -0.3 is 5.11 Å². The number of nitrogens with zero attached hydrogens (tertiary/aromatic N) is 1. The van der Waals surface area contributed by atoms with E-state index in [1.807, 2.05) is 6.92 Å². The SMILES string of the molecule is Cc1ccc(S(=O)(=O)N2[C@@H](c3cccc(Br)c3)C(C(=O)O)=CC[C@H]2c2ccc(Cl)c(Cl)c2)cc1. The van der Waals surface area contributed by atoms with Gasteiger partial charge in [0.2, 0.25) is 10.0 Å². The molecule has 3 aromatic carbocycles. The molecule has 1 aliphatic rings. The number of benzene rings is 3. The van der Waals surface area contributed by atoms with Crippen LogP contribution in [-0.2, 0) is 14.8 Å². The van der Waals surface area contributed by atoms with Crippen molar-refractivity contribution in [2.45, 2.75) is 30.3 Å². The average molecular weight is 581 g/mol. The van der Waals surface area contributed by atoms with Gasteiger partial charge in [-0.1, -0.05) is 81.1 Å². The van der Waals surface area contributed by atoms with Crippen LogP contribution in [0.15, 0.2) is 87.7 Å². The molecule has 0 saturated carbocycles. The van der Waals surface area contributed by atoms with Gasteiger partial charge in [0.15, 0.2) is 0 Å². The number of aliphatic carboxylic acids is 1. The van der Waals surface area contributed by atoms with E-state index in [0.717, 1.165) is 5.56 Å². The van der Waals surface area contributed by atoms with Crippen molar-refractivity contribution >= 4 is 55.1 Å². The molecule has 0 bridgehead atoms. The van der Waals surface area contributed by atoms with Crippen molar-refractivity contribution in [2.24, 2.45) is 0 Å². The number of hydrogen-bond acceptors (Lipinski definition) is 3. The summed E-state index contributed by atoms with van der Waals surface area (Å²) in [7, 11) is -4.14. The highest BCUT2D eigenvalue weighted by molar-refractivity contribution is 9.10. The van der Waals surface area contributed by atoms with E-state index >= 15 is 0 Å². The van der Waals surface area contributed by atoms with Crippen molar-refractivity contribution in [3.05, 3.63) is 110 Å². The fourth-order valence-corrected chi connectivity index (χ4v) is 6.62. The molecule has 0 fully saturated rings. The van der Waals surface area contributed by atoms with Crippen LogP contribution in [-0.4, -0.2) is 23.8 Å². The predicted octanol–water partition coefficient (Wildman–Crippen LogP) is 6.95. The molecular formula is C25H20BrCl2NO4S. The van der Waals surface area contributed by atoms with E-state index in [2.05, 4.69) is 15.9 Å². The second-order valence-corrected chi connectivity index (χ2v) is 11.6. The van der Waals surface area contributed by atoms with Crippen molar-refractivity contribution in [3.8, 4) is 0 Å². The Labute approximate surface area is 216 Å². The van der Waals surface area contributed by atoms with Crippen molar-refractivity contribution < 1.29 is 18.3 Å². The average Bonchev–Trinajstić information content (AvgIpc) is 2.80. The van der Waals surface area contributed by atoms with Gasteiger partial charge in [0, 0.05) is 4.47 Å². The number of carbonyl (C=O) groups is 1. The molecule has 176 valence electrons. The van der Waals surface area contributed by atoms with Gasteiger partial charge in [-0.2, -0.15) is 4.31 Å². The molecule has 0 amide bonds. The summed E-state index contributed by atoms with van der Waals surface area (Å²) in [4.78, 5) is 12.4. The fourth-order valence-electron chi connectivity index (χ4n) is 4.12. The van der Waals surface area contributed by atoms with Crippen LogP contribution in [0.1, 0.15) is 35.2 Å². The van der Waals surface area contributed by atoms with Gasteiger partial charge in [-0.05, 0) is 60.9 Å². The first-order valence-corrected chi connectivity index (χ1v) is 13.3. The lowest BCUT2D eigenvalue weighted by Crippen LogP contribution is -2.42. The first-order chi connectivity index (χ1) is 16.1. The molecule has 0 aromatic heterocycles. The summed E-state index contributed by atoms with van der Waals surface area (Å²) in [5, 5.41) is 10.7. The fraction of sp³-hybridized carbons (Fsp3) is 0.160. The van der Waals surface area contributed by atoms with Gasteiger partial charge in [-0.25, -0.2) is 13.2 Å². The molecule has 5 nitrogen and oxygen atoms in total. The minimum atomic E-state index is -4.14. The molecule has 0 radical (unpaired) electrons. The normalized spacial score (nSPS) is 19.0. The van der Waals surface area contributed by atoms with Crippen LogP contribution in [0, 0.1) is 6.92 Å². The Morgan fingerprint density at radius 2 is 1.71 bits per heavy atom. The van der Waals surface area contributed by atoms with Gasteiger partial charge in [-0.15, -0.1) is 0 Å². The molecule has 0 unspecified atom stereocenters. The summed E-state index contributed by atoms with van der Waals surface area (Å²) >= 11 is 15.8. The standard InChI is InChI=1S/C25H20BrCl2NO4S/c1-15-5-8-19(9-6-15)34(32,33)29-23(16-7-11-21(27)22(28)14-16)12-10-20(25(30)31)24(29)17-3-2-4-18(26)13-17/h2-11,13-14,23-24H,12H2,1H3,(H,30,31)/t23-,24-/m0/s1. The lowest BCUT2D eigenvalue weighted by atomic mass is 9.89. The van der Waals surface area contributed by atoms with Gasteiger partial charge in [0.25, 0.3) is 0 Å². The van der Waals surface area contributed by atoms with Crippen molar-refractivity contribution in [1.82, 2.24) is 4.31 Å². The van der Waals surface area contributed by atoms with E-state index < -0.39 is 28.1 Å². The molecule has 0 saturated heterocycles. The Bertz CT molecular complexity index is 1390. The van der Waals surface area contributed by atoms with Crippen LogP contribution in [0.2, 0.25) is 10.0 Å². The van der Waals surface area contributed by atoms with Crippen LogP contribution >= 0.6 is 39.1 Å². The van der Waals surface area contributed by atoms with Crippen LogP contribution in [0.3, 0.4) is 0 Å². The highest BCUT2D eigenvalue weighted by atomic mass is 79.9. The second-order valence-electron chi connectivity index (χ2n) is 8.00. The Morgan fingerprint density at radius 3 is 2.32 bits per heavy atom. The Kier molecular flexibility index (Phi) is 7.22. The number of aryl methyl sites for hydroxylation is 1. The molecule has 4 rings (SSSR count). The number of carboxylic acid groups (broad SMARTS) is 1. The van der Waals surface area contributed by atoms with E-state index in [4.69, 9.17) is 23.2 Å². The Balaban J connectivity index is 1.99. The van der Waals surface area contributed by atoms with E-state index in [9.17, 15) is 18.3 Å². The first-order valence-electron chi connectivity index (χ1n) is 10.3. The van der Waals surface area contributed by atoms with Gasteiger partial charge in [0.05, 0.1) is 32.6 Å². The number of sulfonamides is 1. The largest absolute Gasteiger partial charge is 0.478 e. The van der Waals surface area contributed by atoms with E-state index in [0.29, 0.717) is 25.6 Å². The Hall–Kier alpha value is -2.16. The summed E-state index contributed by atoms with van der Waals surface area (Å²) in [5.74, 6) is -1.18. The highest BCUT2D eigenvalue weighted by Gasteiger charge is 2.44. The number of halogens is 3. The molecule has 1 heterocycles. The zero-order valence-electron chi connectivity index (χ0n) is 18.0. The zero-order valence-corrected chi connectivity index (χ0v) is 21.9. The maximum Gasteiger partial charge on any atom is 0.333 e. The van der Waals surface area contributed by atoms with Gasteiger partial charge in [-0.3, -0.25) is 0 Å². The van der Waals surface area contributed by atoms with E-state index in [1.165, 1.54) is 16.4 Å². The quantitative estimate of drug-likeness (QED) is 0.354. The molecule has 3 aromatic rings. The number of rotatable bonds is 5. The highest BCUT2D eigenvalue weighted by Crippen LogP contribution is 2.46. The molecule has 9 heteroatoms. The summed E-state index contributed by atoms with van der Waals surface area (Å²) in [6, 6.07) is 16.7. The summed E-state index contributed by atoms with van der Waals surface area (Å²) in [6.07, 6.45) is 1.75. The molecule has 1 aliphatic heterocycles. The predicted molar refractivity (Wildman–Crippen MR) is 137 cm³/mol. The van der Waals surface area contributed by atoms with Crippen LogP contribution in [0.4, 0.5) is 0 Å². The number of hydrogen-bond donors (Lipinski definition) is 1. The minimum Gasteiger partial charge on any atom is -0.478 e. The molecule has 0 aliphatic carbocycles. The van der Waals surface area contributed by atoms with Gasteiger partial charge in [0.1, 0.15) is 0 Å². The first kappa shape index (κ1) is 24.9. The Morgan fingerprint density at radius 1 is 1.00 bits per heavy atom. The minimum absolute atomic E-state index is 0.00917. The molecule has 0 spiro atoms.